The molecule has 0 saturated heterocycles. The molecule has 0 aliphatic rings. The number of aryl methyl sites for hydroxylation is 1. The van der Waals surface area contributed by atoms with Crippen LogP contribution in [0.1, 0.15) is 64.9 Å². The molecule has 0 aliphatic heterocycles. The largest absolute Gasteiger partial charge is 0.331 e. The van der Waals surface area contributed by atoms with Gasteiger partial charge in [-0.1, -0.05) is 26.2 Å². The van der Waals surface area contributed by atoms with E-state index < -0.39 is 0 Å². The minimum Gasteiger partial charge on any atom is -0.331 e. The number of nitrogens with zero attached hydrogens (tertiary/aromatic N) is 2. The third kappa shape index (κ3) is 5.21. The Balaban J connectivity index is 2.52. The molecule has 0 aliphatic carbocycles. The average Bonchev–Trinajstić information content (AvgIpc) is 2.62. The summed E-state index contributed by atoms with van der Waals surface area (Å²) in [5.41, 5.74) is 1.46. The molecule has 1 heterocycles. The molecule has 0 saturated carbocycles. The summed E-state index contributed by atoms with van der Waals surface area (Å²) >= 11 is 0. The van der Waals surface area contributed by atoms with Crippen molar-refractivity contribution in [1.29, 1.82) is 0 Å². The molecule has 1 rings (SSSR count). The molecular formula is C15H29N3. The van der Waals surface area contributed by atoms with Gasteiger partial charge in [-0.15, -0.1) is 0 Å². The zero-order valence-corrected chi connectivity index (χ0v) is 12.7. The van der Waals surface area contributed by atoms with E-state index in [0.717, 1.165) is 18.9 Å². The van der Waals surface area contributed by atoms with E-state index in [1.165, 1.54) is 31.4 Å². The van der Waals surface area contributed by atoms with Crippen LogP contribution in [0.25, 0.3) is 0 Å². The van der Waals surface area contributed by atoms with Gasteiger partial charge in [-0.2, -0.15) is 0 Å². The predicted octanol–water partition coefficient (Wildman–Crippen LogP) is 3.66. The first-order valence-corrected chi connectivity index (χ1v) is 7.20. The lowest BCUT2D eigenvalue weighted by molar-refractivity contribution is 0.413. The lowest BCUT2D eigenvalue weighted by Crippen LogP contribution is -2.35. The Labute approximate surface area is 112 Å². The topological polar surface area (TPSA) is 29.9 Å². The Bertz CT molecular complexity index is 347. The van der Waals surface area contributed by atoms with Crippen LogP contribution in [0.4, 0.5) is 0 Å². The van der Waals surface area contributed by atoms with Gasteiger partial charge in [0.2, 0.25) is 0 Å². The number of hydrogen-bond acceptors (Lipinski definition) is 2. The smallest absolute Gasteiger partial charge is 0.105 e. The third-order valence-electron chi connectivity index (χ3n) is 3.17. The van der Waals surface area contributed by atoms with Gasteiger partial charge in [0, 0.05) is 24.8 Å². The van der Waals surface area contributed by atoms with Crippen molar-refractivity contribution < 1.29 is 0 Å². The maximum absolute atomic E-state index is 4.44. The summed E-state index contributed by atoms with van der Waals surface area (Å²) in [7, 11) is 0. The van der Waals surface area contributed by atoms with Crippen LogP contribution in [0.3, 0.4) is 0 Å². The molecule has 104 valence electrons. The number of imidazole rings is 1. The van der Waals surface area contributed by atoms with E-state index in [-0.39, 0.29) is 5.54 Å². The van der Waals surface area contributed by atoms with Crippen molar-refractivity contribution in [3.05, 3.63) is 17.7 Å². The van der Waals surface area contributed by atoms with E-state index >= 15 is 0 Å². The fourth-order valence-corrected chi connectivity index (χ4v) is 2.01. The first kappa shape index (κ1) is 15.2. The minimum atomic E-state index is 0.158. The van der Waals surface area contributed by atoms with Crippen LogP contribution in [0.2, 0.25) is 0 Å². The summed E-state index contributed by atoms with van der Waals surface area (Å²) in [6, 6.07) is 0. The average molecular weight is 251 g/mol. The molecule has 0 bridgehead atoms. The number of aromatic nitrogens is 2. The summed E-state index contributed by atoms with van der Waals surface area (Å²) in [6.07, 6.45) is 7.21. The van der Waals surface area contributed by atoms with Gasteiger partial charge in [0.25, 0.3) is 0 Å². The molecule has 0 spiro atoms. The second-order valence-corrected chi connectivity index (χ2v) is 6.11. The summed E-state index contributed by atoms with van der Waals surface area (Å²) in [4.78, 5) is 4.44. The standard InChI is InChI=1S/C15H29N3/c1-6-7-8-9-10-18-13(2)16-11-14(18)12-17-15(3,4)5/h11,17H,6-10,12H2,1-5H3. The van der Waals surface area contributed by atoms with Crippen LogP contribution < -0.4 is 5.32 Å². The maximum Gasteiger partial charge on any atom is 0.105 e. The van der Waals surface area contributed by atoms with E-state index in [4.69, 9.17) is 0 Å². The third-order valence-corrected chi connectivity index (χ3v) is 3.17. The van der Waals surface area contributed by atoms with Gasteiger partial charge < -0.3 is 9.88 Å². The summed E-state index contributed by atoms with van der Waals surface area (Å²) in [5, 5.41) is 3.53. The van der Waals surface area contributed by atoms with Crippen LogP contribution in [-0.2, 0) is 13.1 Å². The first-order chi connectivity index (χ1) is 8.44. The highest BCUT2D eigenvalue weighted by molar-refractivity contribution is 5.04. The van der Waals surface area contributed by atoms with Gasteiger partial charge >= 0.3 is 0 Å². The van der Waals surface area contributed by atoms with Crippen molar-refractivity contribution in [1.82, 2.24) is 14.9 Å². The van der Waals surface area contributed by atoms with E-state index in [1.54, 1.807) is 0 Å². The molecule has 0 atom stereocenters. The molecular weight excluding hydrogens is 222 g/mol. The van der Waals surface area contributed by atoms with Gasteiger partial charge in [0.1, 0.15) is 5.82 Å². The normalized spacial score (nSPS) is 12.1. The Hall–Kier alpha value is -0.830. The molecule has 0 radical (unpaired) electrons. The molecule has 0 aromatic carbocycles. The highest BCUT2D eigenvalue weighted by Gasteiger charge is 2.11. The van der Waals surface area contributed by atoms with Gasteiger partial charge in [0.05, 0.1) is 5.69 Å². The van der Waals surface area contributed by atoms with Gasteiger partial charge in [-0.3, -0.25) is 0 Å². The van der Waals surface area contributed by atoms with Gasteiger partial charge in [0.15, 0.2) is 0 Å². The summed E-state index contributed by atoms with van der Waals surface area (Å²) in [6.45, 7) is 12.9. The van der Waals surface area contributed by atoms with Crippen LogP contribution in [-0.4, -0.2) is 15.1 Å². The minimum absolute atomic E-state index is 0.158. The van der Waals surface area contributed by atoms with Crippen molar-refractivity contribution >= 4 is 0 Å². The molecule has 1 aromatic heterocycles. The van der Waals surface area contributed by atoms with Crippen molar-refractivity contribution in [2.75, 3.05) is 0 Å². The molecule has 0 fully saturated rings. The van der Waals surface area contributed by atoms with Crippen molar-refractivity contribution in [3.63, 3.8) is 0 Å². The number of unbranched alkanes of at least 4 members (excludes halogenated alkanes) is 3. The molecule has 0 amide bonds. The highest BCUT2D eigenvalue weighted by Crippen LogP contribution is 2.10. The number of rotatable bonds is 7. The summed E-state index contributed by atoms with van der Waals surface area (Å²) in [5.74, 6) is 1.14. The SMILES string of the molecule is CCCCCCn1c(CNC(C)(C)C)cnc1C. The number of nitrogens with one attached hydrogen (secondary N) is 1. The van der Waals surface area contributed by atoms with Crippen LogP contribution in [0, 0.1) is 6.92 Å². The Kier molecular flexibility index (Phi) is 5.86. The maximum atomic E-state index is 4.44. The second kappa shape index (κ2) is 6.93. The molecule has 1 N–H and O–H groups in total. The van der Waals surface area contributed by atoms with Gasteiger partial charge in [-0.25, -0.2) is 4.98 Å². The molecule has 3 heteroatoms. The van der Waals surface area contributed by atoms with Crippen molar-refractivity contribution in [2.24, 2.45) is 0 Å². The molecule has 1 aromatic rings. The fraction of sp³-hybridized carbons (Fsp3) is 0.800. The highest BCUT2D eigenvalue weighted by atomic mass is 15.1. The van der Waals surface area contributed by atoms with Crippen LogP contribution in [0.15, 0.2) is 6.20 Å². The predicted molar refractivity (Wildman–Crippen MR) is 77.7 cm³/mol. The summed E-state index contributed by atoms with van der Waals surface area (Å²) < 4.78 is 2.36. The fourth-order valence-electron chi connectivity index (χ4n) is 2.01. The monoisotopic (exact) mass is 251 g/mol. The van der Waals surface area contributed by atoms with Gasteiger partial charge in [-0.05, 0) is 34.1 Å². The van der Waals surface area contributed by atoms with Crippen LogP contribution in [0.5, 0.6) is 0 Å². The molecule has 0 unspecified atom stereocenters. The Morgan fingerprint density at radius 2 is 1.94 bits per heavy atom. The van der Waals surface area contributed by atoms with Crippen molar-refractivity contribution in [3.8, 4) is 0 Å². The quantitative estimate of drug-likeness (QED) is 0.750. The zero-order valence-electron chi connectivity index (χ0n) is 12.7. The second-order valence-electron chi connectivity index (χ2n) is 6.11. The van der Waals surface area contributed by atoms with Crippen molar-refractivity contribution in [2.45, 2.75) is 78.9 Å². The van der Waals surface area contributed by atoms with E-state index in [1.807, 2.05) is 6.20 Å². The van der Waals surface area contributed by atoms with E-state index in [9.17, 15) is 0 Å². The lowest BCUT2D eigenvalue weighted by atomic mass is 10.1. The molecule has 18 heavy (non-hydrogen) atoms. The lowest BCUT2D eigenvalue weighted by Gasteiger charge is -2.21. The first-order valence-electron chi connectivity index (χ1n) is 7.20. The van der Waals surface area contributed by atoms with Crippen LogP contribution >= 0.6 is 0 Å². The number of hydrogen-bond donors (Lipinski definition) is 1. The van der Waals surface area contributed by atoms with E-state index in [0.29, 0.717) is 0 Å². The Morgan fingerprint density at radius 1 is 1.22 bits per heavy atom. The Morgan fingerprint density at radius 3 is 2.56 bits per heavy atom. The van der Waals surface area contributed by atoms with E-state index in [2.05, 4.69) is 49.5 Å². The zero-order chi connectivity index (χ0) is 13.6. The molecule has 3 nitrogen and oxygen atoms in total.